The molecule has 0 aromatic heterocycles. The maximum atomic E-state index is 6.15. The number of fused-ring (bicyclic) bond motifs is 1. The first kappa shape index (κ1) is 11.1. The SMILES string of the molecule is Cc1cc(C2CCc3ccccc32)c(N)cc1N. The normalized spacial score (nSPS) is 17.7. The summed E-state index contributed by atoms with van der Waals surface area (Å²) in [6.07, 6.45) is 2.29. The molecule has 2 nitrogen and oxygen atoms in total. The fourth-order valence-electron chi connectivity index (χ4n) is 2.95. The molecule has 1 atom stereocenters. The van der Waals surface area contributed by atoms with E-state index in [0.29, 0.717) is 5.92 Å². The largest absolute Gasteiger partial charge is 0.398 e. The molecule has 18 heavy (non-hydrogen) atoms. The summed E-state index contributed by atoms with van der Waals surface area (Å²) in [6.45, 7) is 2.04. The number of hydrogen-bond donors (Lipinski definition) is 2. The van der Waals surface area contributed by atoms with Gasteiger partial charge in [-0.3, -0.25) is 0 Å². The molecule has 0 spiro atoms. The maximum Gasteiger partial charge on any atom is 0.0373 e. The zero-order chi connectivity index (χ0) is 12.7. The van der Waals surface area contributed by atoms with Crippen molar-refractivity contribution < 1.29 is 0 Å². The molecule has 2 heteroatoms. The van der Waals surface area contributed by atoms with Crippen LogP contribution >= 0.6 is 0 Å². The van der Waals surface area contributed by atoms with Gasteiger partial charge in [0.1, 0.15) is 0 Å². The fraction of sp³-hybridized carbons (Fsp3) is 0.250. The Morgan fingerprint density at radius 3 is 2.61 bits per heavy atom. The van der Waals surface area contributed by atoms with Crippen molar-refractivity contribution in [1.82, 2.24) is 0 Å². The second-order valence-electron chi connectivity index (χ2n) is 5.13. The molecule has 2 aromatic rings. The van der Waals surface area contributed by atoms with Crippen LogP contribution in [0.2, 0.25) is 0 Å². The van der Waals surface area contributed by atoms with Gasteiger partial charge in [-0.1, -0.05) is 30.3 Å². The van der Waals surface area contributed by atoms with Gasteiger partial charge in [0.05, 0.1) is 0 Å². The third kappa shape index (κ3) is 1.65. The highest BCUT2D eigenvalue weighted by Crippen LogP contribution is 2.41. The molecule has 1 aliphatic carbocycles. The topological polar surface area (TPSA) is 52.0 Å². The number of hydrogen-bond acceptors (Lipinski definition) is 2. The summed E-state index contributed by atoms with van der Waals surface area (Å²) in [5.41, 5.74) is 18.9. The Kier molecular flexibility index (Phi) is 2.51. The number of rotatable bonds is 1. The number of nitrogens with two attached hydrogens (primary N) is 2. The van der Waals surface area contributed by atoms with E-state index in [1.54, 1.807) is 0 Å². The highest BCUT2D eigenvalue weighted by molar-refractivity contribution is 5.64. The van der Waals surface area contributed by atoms with Crippen molar-refractivity contribution in [2.45, 2.75) is 25.7 Å². The summed E-state index contributed by atoms with van der Waals surface area (Å²) in [4.78, 5) is 0. The van der Waals surface area contributed by atoms with Crippen LogP contribution in [0.5, 0.6) is 0 Å². The molecule has 0 saturated heterocycles. The molecule has 2 aromatic carbocycles. The molecule has 4 N–H and O–H groups in total. The second-order valence-corrected chi connectivity index (χ2v) is 5.13. The average Bonchev–Trinajstić information content (AvgIpc) is 2.78. The predicted octanol–water partition coefficient (Wildman–Crippen LogP) is 3.24. The number of anilines is 2. The highest BCUT2D eigenvalue weighted by atomic mass is 14.6. The molecule has 92 valence electrons. The Morgan fingerprint density at radius 1 is 1.00 bits per heavy atom. The molecule has 1 aliphatic rings. The van der Waals surface area contributed by atoms with Crippen LogP contribution in [0.4, 0.5) is 11.4 Å². The van der Waals surface area contributed by atoms with Gasteiger partial charge in [0.2, 0.25) is 0 Å². The number of nitrogen functional groups attached to an aromatic ring is 2. The lowest BCUT2D eigenvalue weighted by atomic mass is 9.90. The van der Waals surface area contributed by atoms with Crippen LogP contribution in [0.1, 0.15) is 34.6 Å². The third-order valence-corrected chi connectivity index (χ3v) is 3.98. The van der Waals surface area contributed by atoms with E-state index in [-0.39, 0.29) is 0 Å². The molecule has 0 bridgehead atoms. The maximum absolute atomic E-state index is 6.15. The monoisotopic (exact) mass is 238 g/mol. The molecule has 0 heterocycles. The van der Waals surface area contributed by atoms with Crippen LogP contribution in [-0.4, -0.2) is 0 Å². The lowest BCUT2D eigenvalue weighted by Crippen LogP contribution is -2.04. The van der Waals surface area contributed by atoms with Gasteiger partial charge in [0.25, 0.3) is 0 Å². The average molecular weight is 238 g/mol. The minimum Gasteiger partial charge on any atom is -0.398 e. The van der Waals surface area contributed by atoms with E-state index >= 15 is 0 Å². The van der Waals surface area contributed by atoms with Gasteiger partial charge in [-0.15, -0.1) is 0 Å². The Bertz CT molecular complexity index is 602. The van der Waals surface area contributed by atoms with Crippen LogP contribution in [-0.2, 0) is 6.42 Å². The number of aryl methyl sites for hydroxylation is 2. The fourth-order valence-corrected chi connectivity index (χ4v) is 2.95. The highest BCUT2D eigenvalue weighted by Gasteiger charge is 2.25. The van der Waals surface area contributed by atoms with Crippen LogP contribution in [0.3, 0.4) is 0 Å². The van der Waals surface area contributed by atoms with Crippen molar-refractivity contribution in [3.8, 4) is 0 Å². The van der Waals surface area contributed by atoms with Gasteiger partial charge in [0.15, 0.2) is 0 Å². The first-order valence-corrected chi connectivity index (χ1v) is 6.40. The van der Waals surface area contributed by atoms with Gasteiger partial charge in [-0.25, -0.2) is 0 Å². The molecule has 0 saturated carbocycles. The summed E-state index contributed by atoms with van der Waals surface area (Å²) in [5.74, 6) is 0.431. The molecular weight excluding hydrogens is 220 g/mol. The van der Waals surface area contributed by atoms with Crippen molar-refractivity contribution in [1.29, 1.82) is 0 Å². The number of benzene rings is 2. The van der Waals surface area contributed by atoms with E-state index in [1.165, 1.54) is 16.7 Å². The van der Waals surface area contributed by atoms with Crippen LogP contribution in [0.15, 0.2) is 36.4 Å². The zero-order valence-corrected chi connectivity index (χ0v) is 10.6. The van der Waals surface area contributed by atoms with Crippen LogP contribution in [0, 0.1) is 6.92 Å². The van der Waals surface area contributed by atoms with Crippen LogP contribution in [0.25, 0.3) is 0 Å². The first-order chi connectivity index (χ1) is 8.66. The quantitative estimate of drug-likeness (QED) is 0.749. The minimum atomic E-state index is 0.431. The Balaban J connectivity index is 2.10. The smallest absolute Gasteiger partial charge is 0.0373 e. The van der Waals surface area contributed by atoms with Crippen LogP contribution < -0.4 is 11.5 Å². The first-order valence-electron chi connectivity index (χ1n) is 6.40. The van der Waals surface area contributed by atoms with E-state index in [0.717, 1.165) is 29.8 Å². The Morgan fingerprint density at radius 2 is 1.78 bits per heavy atom. The van der Waals surface area contributed by atoms with Crippen molar-refractivity contribution in [3.05, 3.63) is 58.7 Å². The van der Waals surface area contributed by atoms with Gasteiger partial charge in [-0.05, 0) is 48.1 Å². The van der Waals surface area contributed by atoms with Gasteiger partial charge >= 0.3 is 0 Å². The lowest BCUT2D eigenvalue weighted by molar-refractivity contribution is 0.789. The standard InChI is InChI=1S/C16H18N2/c1-10-8-14(16(18)9-15(10)17)13-7-6-11-4-2-3-5-12(11)13/h2-5,8-9,13H,6-7,17-18H2,1H3. The second kappa shape index (κ2) is 4.05. The molecule has 0 aliphatic heterocycles. The van der Waals surface area contributed by atoms with Crippen molar-refractivity contribution in [3.63, 3.8) is 0 Å². The van der Waals surface area contributed by atoms with E-state index in [2.05, 4.69) is 30.3 Å². The van der Waals surface area contributed by atoms with Gasteiger partial charge in [0, 0.05) is 17.3 Å². The molecule has 3 rings (SSSR count). The molecular formula is C16H18N2. The Hall–Kier alpha value is -1.96. The molecule has 1 unspecified atom stereocenters. The summed E-state index contributed by atoms with van der Waals surface area (Å²) in [7, 11) is 0. The lowest BCUT2D eigenvalue weighted by Gasteiger charge is -2.16. The predicted molar refractivity (Wildman–Crippen MR) is 76.6 cm³/mol. The van der Waals surface area contributed by atoms with E-state index in [4.69, 9.17) is 11.5 Å². The van der Waals surface area contributed by atoms with E-state index in [1.807, 2.05) is 13.0 Å². The third-order valence-electron chi connectivity index (χ3n) is 3.98. The van der Waals surface area contributed by atoms with E-state index in [9.17, 15) is 0 Å². The minimum absolute atomic E-state index is 0.431. The van der Waals surface area contributed by atoms with E-state index < -0.39 is 0 Å². The van der Waals surface area contributed by atoms with Gasteiger partial charge in [-0.2, -0.15) is 0 Å². The molecule has 0 fully saturated rings. The summed E-state index contributed by atoms with van der Waals surface area (Å²) in [5, 5.41) is 0. The van der Waals surface area contributed by atoms with Crippen molar-refractivity contribution >= 4 is 11.4 Å². The summed E-state index contributed by atoms with van der Waals surface area (Å²) >= 11 is 0. The van der Waals surface area contributed by atoms with Crippen molar-refractivity contribution in [2.75, 3.05) is 11.5 Å². The summed E-state index contributed by atoms with van der Waals surface area (Å²) < 4.78 is 0. The zero-order valence-electron chi connectivity index (χ0n) is 10.6. The molecule has 0 radical (unpaired) electrons. The Labute approximate surface area is 108 Å². The van der Waals surface area contributed by atoms with Gasteiger partial charge < -0.3 is 11.5 Å². The molecule has 0 amide bonds. The van der Waals surface area contributed by atoms with Crippen molar-refractivity contribution in [2.24, 2.45) is 0 Å². The summed E-state index contributed by atoms with van der Waals surface area (Å²) in [6, 6.07) is 12.7.